The van der Waals surface area contributed by atoms with E-state index in [9.17, 15) is 10.1 Å². The lowest BCUT2D eigenvalue weighted by molar-refractivity contribution is -0.384. The lowest BCUT2D eigenvalue weighted by atomic mass is 10.1. The molecule has 5 nitrogen and oxygen atoms in total. The smallest absolute Gasteiger partial charge is 0.258 e. The first-order valence-corrected chi connectivity index (χ1v) is 5.93. The number of halogens is 1. The van der Waals surface area contributed by atoms with Crippen molar-refractivity contribution in [2.75, 3.05) is 0 Å². The molecule has 0 radical (unpaired) electrons. The zero-order valence-electron chi connectivity index (χ0n) is 8.18. The summed E-state index contributed by atoms with van der Waals surface area (Å²) in [5.41, 5.74) is 1.77. The largest absolute Gasteiger partial charge is 0.269 e. The maximum atomic E-state index is 10.6. The van der Waals surface area contributed by atoms with Crippen LogP contribution in [0.4, 0.5) is 5.69 Å². The molecule has 0 amide bonds. The van der Waals surface area contributed by atoms with E-state index in [2.05, 4.69) is 26.1 Å². The summed E-state index contributed by atoms with van der Waals surface area (Å²) in [6, 6.07) is 4.70. The van der Waals surface area contributed by atoms with Gasteiger partial charge in [-0.05, 0) is 34.5 Å². The van der Waals surface area contributed by atoms with Crippen molar-refractivity contribution < 1.29 is 4.92 Å². The van der Waals surface area contributed by atoms with E-state index in [4.69, 9.17) is 0 Å². The number of nitro groups is 1. The van der Waals surface area contributed by atoms with Crippen molar-refractivity contribution in [3.63, 3.8) is 0 Å². The summed E-state index contributed by atoms with van der Waals surface area (Å²) in [5, 5.41) is 19.1. The maximum absolute atomic E-state index is 10.6. The summed E-state index contributed by atoms with van der Waals surface area (Å²) in [6.07, 6.45) is 0. The average molecular weight is 300 g/mol. The molecule has 0 atom stereocenters. The Balaban J connectivity index is 2.47. The summed E-state index contributed by atoms with van der Waals surface area (Å²) in [7, 11) is 0. The van der Waals surface area contributed by atoms with Gasteiger partial charge in [-0.25, -0.2) is 0 Å². The molecule has 1 aromatic carbocycles. The molecule has 0 fully saturated rings. The molecule has 0 aliphatic carbocycles. The second-order valence-corrected chi connectivity index (χ2v) is 5.37. The topological polar surface area (TPSA) is 68.9 Å². The molecule has 0 spiro atoms. The number of hydrogen-bond donors (Lipinski definition) is 0. The van der Waals surface area contributed by atoms with Crippen LogP contribution < -0.4 is 0 Å². The zero-order chi connectivity index (χ0) is 11.7. The molecule has 1 aromatic heterocycles. The Hall–Kier alpha value is -1.34. The molecule has 0 saturated carbocycles. The maximum Gasteiger partial charge on any atom is 0.269 e. The monoisotopic (exact) mass is 299 g/mol. The van der Waals surface area contributed by atoms with Gasteiger partial charge in [-0.3, -0.25) is 10.1 Å². The number of nitro benzene ring substituents is 1. The highest BCUT2D eigenvalue weighted by atomic mass is 79.9. The highest BCUT2D eigenvalue weighted by Crippen LogP contribution is 2.30. The summed E-state index contributed by atoms with van der Waals surface area (Å²) in [4.78, 5) is 10.2. The summed E-state index contributed by atoms with van der Waals surface area (Å²) < 4.78 is 0.695. The van der Waals surface area contributed by atoms with Gasteiger partial charge in [0.25, 0.3) is 5.69 Å². The van der Waals surface area contributed by atoms with Crippen molar-refractivity contribution in [3.05, 3.63) is 37.8 Å². The van der Waals surface area contributed by atoms with Gasteiger partial charge in [-0.15, -0.1) is 10.2 Å². The van der Waals surface area contributed by atoms with Crippen LogP contribution >= 0.6 is 27.3 Å². The van der Waals surface area contributed by atoms with Gasteiger partial charge in [-0.2, -0.15) is 0 Å². The van der Waals surface area contributed by atoms with Crippen LogP contribution in [0.25, 0.3) is 10.6 Å². The van der Waals surface area contributed by atoms with Gasteiger partial charge in [0.05, 0.1) is 4.92 Å². The first kappa shape index (κ1) is 11.2. The summed E-state index contributed by atoms with van der Waals surface area (Å²) in [6.45, 7) is 1.82. The quantitative estimate of drug-likeness (QED) is 0.631. The van der Waals surface area contributed by atoms with Crippen LogP contribution in [0.5, 0.6) is 0 Å². The predicted octanol–water partition coefficient (Wildman–Crippen LogP) is 3.18. The molecule has 1 heterocycles. The molecule has 2 rings (SSSR count). The number of hydrogen-bond acceptors (Lipinski definition) is 5. The van der Waals surface area contributed by atoms with Crippen molar-refractivity contribution in [2.24, 2.45) is 0 Å². The van der Waals surface area contributed by atoms with Crippen LogP contribution in [0, 0.1) is 17.0 Å². The molecule has 82 valence electrons. The lowest BCUT2D eigenvalue weighted by Gasteiger charge is -2.00. The molecule has 16 heavy (non-hydrogen) atoms. The van der Waals surface area contributed by atoms with Crippen LogP contribution in [0.15, 0.2) is 22.1 Å². The molecular weight excluding hydrogens is 294 g/mol. The van der Waals surface area contributed by atoms with Crippen LogP contribution in [0.2, 0.25) is 0 Å². The van der Waals surface area contributed by atoms with E-state index in [0.29, 0.717) is 3.92 Å². The van der Waals surface area contributed by atoms with E-state index in [-0.39, 0.29) is 5.69 Å². The third-order valence-corrected chi connectivity index (χ3v) is 3.44. The second kappa shape index (κ2) is 4.26. The van der Waals surface area contributed by atoms with E-state index in [1.807, 2.05) is 6.92 Å². The predicted molar refractivity (Wildman–Crippen MR) is 64.4 cm³/mol. The van der Waals surface area contributed by atoms with Crippen molar-refractivity contribution in [2.45, 2.75) is 6.92 Å². The second-order valence-electron chi connectivity index (χ2n) is 3.12. The fraction of sp³-hybridized carbons (Fsp3) is 0.111. The molecule has 7 heteroatoms. The highest BCUT2D eigenvalue weighted by molar-refractivity contribution is 9.11. The van der Waals surface area contributed by atoms with Crippen LogP contribution in [0.3, 0.4) is 0 Å². The standard InChI is InChI=1S/C9H6BrN3O2S/c1-5-4-6(13(14)15)2-3-7(5)8-11-12-9(10)16-8/h2-4H,1H3. The molecule has 0 unspecified atom stereocenters. The minimum Gasteiger partial charge on any atom is -0.258 e. The third kappa shape index (κ3) is 2.10. The van der Waals surface area contributed by atoms with Crippen LogP contribution in [0.1, 0.15) is 5.56 Å². The molecular formula is C9H6BrN3O2S. The molecule has 2 aromatic rings. The Bertz CT molecular complexity index is 555. The minimum atomic E-state index is -0.410. The van der Waals surface area contributed by atoms with Gasteiger partial charge in [-0.1, -0.05) is 11.3 Å². The molecule has 0 bridgehead atoms. The van der Waals surface area contributed by atoms with Gasteiger partial charge in [0.1, 0.15) is 5.01 Å². The average Bonchev–Trinajstić information content (AvgIpc) is 2.64. The molecule has 0 N–H and O–H groups in total. The Morgan fingerprint density at radius 3 is 2.69 bits per heavy atom. The Morgan fingerprint density at radius 1 is 1.44 bits per heavy atom. The number of non-ortho nitro benzene ring substituents is 1. The fourth-order valence-corrected chi connectivity index (χ4v) is 2.52. The number of aryl methyl sites for hydroxylation is 1. The summed E-state index contributed by atoms with van der Waals surface area (Å²) >= 11 is 4.62. The van der Waals surface area contributed by atoms with Gasteiger partial charge in [0.2, 0.25) is 0 Å². The van der Waals surface area contributed by atoms with Crippen molar-refractivity contribution in [1.29, 1.82) is 0 Å². The van der Waals surface area contributed by atoms with E-state index < -0.39 is 4.92 Å². The van der Waals surface area contributed by atoms with Crippen molar-refractivity contribution in [1.82, 2.24) is 10.2 Å². The first-order chi connectivity index (χ1) is 7.58. The molecule has 0 aliphatic heterocycles. The number of nitrogens with zero attached hydrogens (tertiary/aromatic N) is 3. The van der Waals surface area contributed by atoms with Gasteiger partial charge < -0.3 is 0 Å². The van der Waals surface area contributed by atoms with Gasteiger partial charge in [0.15, 0.2) is 3.92 Å². The third-order valence-electron chi connectivity index (χ3n) is 2.05. The number of rotatable bonds is 2. The van der Waals surface area contributed by atoms with Crippen molar-refractivity contribution >= 4 is 33.0 Å². The van der Waals surface area contributed by atoms with Crippen LogP contribution in [-0.2, 0) is 0 Å². The van der Waals surface area contributed by atoms with Gasteiger partial charge >= 0.3 is 0 Å². The zero-order valence-corrected chi connectivity index (χ0v) is 10.6. The SMILES string of the molecule is Cc1cc([N+](=O)[O-])ccc1-c1nnc(Br)s1. The van der Waals surface area contributed by atoms with Crippen LogP contribution in [-0.4, -0.2) is 15.1 Å². The Morgan fingerprint density at radius 2 is 2.19 bits per heavy atom. The minimum absolute atomic E-state index is 0.0878. The summed E-state index contributed by atoms with van der Waals surface area (Å²) in [5.74, 6) is 0. The normalized spacial score (nSPS) is 10.4. The molecule has 0 saturated heterocycles. The van der Waals surface area contributed by atoms with E-state index in [1.54, 1.807) is 6.07 Å². The highest BCUT2D eigenvalue weighted by Gasteiger charge is 2.12. The first-order valence-electron chi connectivity index (χ1n) is 4.32. The van der Waals surface area contributed by atoms with E-state index >= 15 is 0 Å². The Kier molecular flexibility index (Phi) is 2.97. The van der Waals surface area contributed by atoms with Gasteiger partial charge in [0, 0.05) is 17.7 Å². The van der Waals surface area contributed by atoms with E-state index in [0.717, 1.165) is 16.1 Å². The molecule has 0 aliphatic rings. The number of benzene rings is 1. The van der Waals surface area contributed by atoms with Crippen molar-refractivity contribution in [3.8, 4) is 10.6 Å². The lowest BCUT2D eigenvalue weighted by Crippen LogP contribution is -1.90. The van der Waals surface area contributed by atoms with E-state index in [1.165, 1.54) is 23.5 Å². The fourth-order valence-electron chi connectivity index (χ4n) is 1.32. The Labute approximate surface area is 103 Å². The number of aromatic nitrogens is 2.